The molecule has 20 heavy (non-hydrogen) atoms. The van der Waals surface area contributed by atoms with Gasteiger partial charge in [0.05, 0.1) is 32.2 Å². The summed E-state index contributed by atoms with van der Waals surface area (Å²) in [5.41, 5.74) is 0. The zero-order valence-electron chi connectivity index (χ0n) is 11.0. The molecule has 1 aliphatic heterocycles. The van der Waals surface area contributed by atoms with E-state index in [1.54, 1.807) is 0 Å². The normalized spacial score (nSPS) is 22.1. The van der Waals surface area contributed by atoms with Crippen LogP contribution in [-0.2, 0) is 4.79 Å². The molecule has 1 aliphatic rings. The molecule has 2 atom stereocenters. The minimum absolute atomic E-state index is 0.0284. The van der Waals surface area contributed by atoms with Gasteiger partial charge in [-0.1, -0.05) is 0 Å². The average Bonchev–Trinajstić information content (AvgIpc) is 2.82. The molecule has 0 aliphatic carbocycles. The standard InChI is InChI=1S/C14H17F2NO3/c15-10-1-3-13(4-2-10)20-6-5-14(19)17-8-11(16)7-12(17)9-18/h1-4,11-12,18H,5-9H2. The van der Waals surface area contributed by atoms with Crippen LogP contribution in [-0.4, -0.2) is 47.9 Å². The Morgan fingerprint density at radius 2 is 2.10 bits per heavy atom. The second-order valence-electron chi connectivity index (χ2n) is 4.77. The summed E-state index contributed by atoms with van der Waals surface area (Å²) >= 11 is 0. The van der Waals surface area contributed by atoms with Crippen molar-refractivity contribution in [1.29, 1.82) is 0 Å². The number of hydrogen-bond acceptors (Lipinski definition) is 3. The Kier molecular flexibility index (Phi) is 4.89. The number of ether oxygens (including phenoxy) is 1. The summed E-state index contributed by atoms with van der Waals surface area (Å²) in [7, 11) is 0. The molecule has 0 radical (unpaired) electrons. The smallest absolute Gasteiger partial charge is 0.226 e. The molecule has 1 saturated heterocycles. The average molecular weight is 285 g/mol. The highest BCUT2D eigenvalue weighted by Crippen LogP contribution is 2.21. The molecule has 0 bridgehead atoms. The number of benzene rings is 1. The van der Waals surface area contributed by atoms with Crippen molar-refractivity contribution in [3.05, 3.63) is 30.1 Å². The fourth-order valence-electron chi connectivity index (χ4n) is 2.27. The lowest BCUT2D eigenvalue weighted by molar-refractivity contribution is -0.133. The van der Waals surface area contributed by atoms with Gasteiger partial charge in [0.2, 0.25) is 5.91 Å². The van der Waals surface area contributed by atoms with Gasteiger partial charge in [-0.3, -0.25) is 4.79 Å². The van der Waals surface area contributed by atoms with Gasteiger partial charge in [-0.25, -0.2) is 8.78 Å². The SMILES string of the molecule is O=C(CCOc1ccc(F)cc1)N1CC(F)CC1CO. The van der Waals surface area contributed by atoms with Gasteiger partial charge < -0.3 is 14.7 Å². The summed E-state index contributed by atoms with van der Waals surface area (Å²) in [4.78, 5) is 13.3. The topological polar surface area (TPSA) is 49.8 Å². The summed E-state index contributed by atoms with van der Waals surface area (Å²) in [5, 5.41) is 9.11. The van der Waals surface area contributed by atoms with E-state index in [-0.39, 0.29) is 44.3 Å². The maximum atomic E-state index is 13.2. The van der Waals surface area contributed by atoms with E-state index in [9.17, 15) is 13.6 Å². The van der Waals surface area contributed by atoms with Gasteiger partial charge in [0.15, 0.2) is 0 Å². The number of aliphatic hydroxyl groups is 1. The number of carbonyl (C=O) groups is 1. The van der Waals surface area contributed by atoms with Crippen LogP contribution in [0.3, 0.4) is 0 Å². The zero-order chi connectivity index (χ0) is 14.5. The molecule has 0 aromatic heterocycles. The first-order valence-corrected chi connectivity index (χ1v) is 6.53. The van der Waals surface area contributed by atoms with E-state index in [4.69, 9.17) is 9.84 Å². The van der Waals surface area contributed by atoms with E-state index in [0.29, 0.717) is 5.75 Å². The first-order chi connectivity index (χ1) is 9.60. The number of nitrogens with zero attached hydrogens (tertiary/aromatic N) is 1. The summed E-state index contributed by atoms with van der Waals surface area (Å²) in [6, 6.07) is 5.05. The van der Waals surface area contributed by atoms with Gasteiger partial charge in [0.25, 0.3) is 0 Å². The molecule has 4 nitrogen and oxygen atoms in total. The van der Waals surface area contributed by atoms with Gasteiger partial charge in [-0.2, -0.15) is 0 Å². The van der Waals surface area contributed by atoms with E-state index in [2.05, 4.69) is 0 Å². The van der Waals surface area contributed by atoms with Gasteiger partial charge in [-0.05, 0) is 24.3 Å². The minimum atomic E-state index is -1.07. The Morgan fingerprint density at radius 3 is 2.75 bits per heavy atom. The van der Waals surface area contributed by atoms with Gasteiger partial charge >= 0.3 is 0 Å². The van der Waals surface area contributed by atoms with Crippen LogP contribution in [0, 0.1) is 5.82 Å². The molecule has 1 aromatic carbocycles. The van der Waals surface area contributed by atoms with Crippen LogP contribution in [0.25, 0.3) is 0 Å². The van der Waals surface area contributed by atoms with E-state index in [0.717, 1.165) is 0 Å². The van der Waals surface area contributed by atoms with Crippen molar-refractivity contribution >= 4 is 5.91 Å². The molecule has 0 spiro atoms. The fourth-order valence-corrected chi connectivity index (χ4v) is 2.27. The van der Waals surface area contributed by atoms with Crippen LogP contribution in [0.5, 0.6) is 5.75 Å². The van der Waals surface area contributed by atoms with E-state index in [1.165, 1.54) is 29.2 Å². The first-order valence-electron chi connectivity index (χ1n) is 6.53. The Balaban J connectivity index is 1.79. The van der Waals surface area contributed by atoms with Crippen molar-refractivity contribution in [3.63, 3.8) is 0 Å². The third kappa shape index (κ3) is 3.66. The molecule has 1 aromatic rings. The number of carbonyl (C=O) groups excluding carboxylic acids is 1. The summed E-state index contributed by atoms with van der Waals surface area (Å²) in [5.74, 6) is -0.126. The molecular weight excluding hydrogens is 268 g/mol. The van der Waals surface area contributed by atoms with Crippen LogP contribution in [0.4, 0.5) is 8.78 Å². The van der Waals surface area contributed by atoms with E-state index in [1.807, 2.05) is 0 Å². The molecule has 110 valence electrons. The van der Waals surface area contributed by atoms with Crippen LogP contribution < -0.4 is 4.74 Å². The second-order valence-corrected chi connectivity index (χ2v) is 4.77. The largest absolute Gasteiger partial charge is 0.493 e. The van der Waals surface area contributed by atoms with E-state index < -0.39 is 12.2 Å². The number of rotatable bonds is 5. The highest BCUT2D eigenvalue weighted by atomic mass is 19.1. The number of amides is 1. The molecule has 1 fully saturated rings. The maximum Gasteiger partial charge on any atom is 0.226 e. The second kappa shape index (κ2) is 6.65. The van der Waals surface area contributed by atoms with Crippen LogP contribution in [0.1, 0.15) is 12.8 Å². The molecule has 1 amide bonds. The van der Waals surface area contributed by atoms with Gasteiger partial charge in [0.1, 0.15) is 17.7 Å². The molecule has 2 unspecified atom stereocenters. The third-order valence-corrected chi connectivity index (χ3v) is 3.29. The Bertz CT molecular complexity index is 452. The maximum absolute atomic E-state index is 13.2. The van der Waals surface area contributed by atoms with Gasteiger partial charge in [0, 0.05) is 6.42 Å². The van der Waals surface area contributed by atoms with Crippen LogP contribution in [0.2, 0.25) is 0 Å². The number of aliphatic hydroxyl groups excluding tert-OH is 1. The minimum Gasteiger partial charge on any atom is -0.493 e. The fraction of sp³-hybridized carbons (Fsp3) is 0.500. The predicted molar refractivity (Wildman–Crippen MR) is 68.6 cm³/mol. The molecule has 6 heteroatoms. The van der Waals surface area contributed by atoms with Crippen molar-refractivity contribution in [2.24, 2.45) is 0 Å². The summed E-state index contributed by atoms with van der Waals surface area (Å²) in [6.45, 7) is -0.0678. The number of likely N-dealkylation sites (tertiary alicyclic amines) is 1. The third-order valence-electron chi connectivity index (χ3n) is 3.29. The van der Waals surface area contributed by atoms with E-state index >= 15 is 0 Å². The monoisotopic (exact) mass is 285 g/mol. The summed E-state index contributed by atoms with van der Waals surface area (Å²) < 4.78 is 31.2. The lowest BCUT2D eigenvalue weighted by atomic mass is 10.2. The first kappa shape index (κ1) is 14.7. The quantitative estimate of drug-likeness (QED) is 0.892. The lowest BCUT2D eigenvalue weighted by Crippen LogP contribution is -2.38. The lowest BCUT2D eigenvalue weighted by Gasteiger charge is -2.22. The molecular formula is C14H17F2NO3. The molecule has 1 N–H and O–H groups in total. The predicted octanol–water partition coefficient (Wildman–Crippen LogP) is 1.53. The Labute approximate surface area is 116 Å². The van der Waals surface area contributed by atoms with Crippen LogP contribution >= 0.6 is 0 Å². The highest BCUT2D eigenvalue weighted by Gasteiger charge is 2.34. The van der Waals surface area contributed by atoms with Crippen molar-refractivity contribution in [2.45, 2.75) is 25.1 Å². The van der Waals surface area contributed by atoms with Crippen molar-refractivity contribution < 1.29 is 23.4 Å². The van der Waals surface area contributed by atoms with Crippen LogP contribution in [0.15, 0.2) is 24.3 Å². The molecule has 2 rings (SSSR count). The number of alkyl halides is 1. The Morgan fingerprint density at radius 1 is 1.40 bits per heavy atom. The zero-order valence-corrected chi connectivity index (χ0v) is 11.0. The highest BCUT2D eigenvalue weighted by molar-refractivity contribution is 5.77. The van der Waals surface area contributed by atoms with Gasteiger partial charge in [-0.15, -0.1) is 0 Å². The molecule has 0 saturated carbocycles. The van der Waals surface area contributed by atoms with Crippen molar-refractivity contribution in [2.75, 3.05) is 19.8 Å². The number of halogens is 2. The number of hydrogen-bond donors (Lipinski definition) is 1. The van der Waals surface area contributed by atoms with Crippen molar-refractivity contribution in [1.82, 2.24) is 4.90 Å². The van der Waals surface area contributed by atoms with Crippen molar-refractivity contribution in [3.8, 4) is 5.75 Å². The summed E-state index contributed by atoms with van der Waals surface area (Å²) in [6.07, 6.45) is -0.795. The Hall–Kier alpha value is -1.69. The molecule has 1 heterocycles.